The summed E-state index contributed by atoms with van der Waals surface area (Å²) in [5, 5.41) is 0. The first-order valence-electron chi connectivity index (χ1n) is 26.1. The second-order valence-electron chi connectivity index (χ2n) is 16.8. The zero-order valence-electron chi connectivity index (χ0n) is 41.7. The maximum Gasteiger partial charge on any atom is 0.306 e. The van der Waals surface area contributed by atoms with Gasteiger partial charge in [0.1, 0.15) is 13.2 Å². The van der Waals surface area contributed by atoms with Crippen LogP contribution in [0.2, 0.25) is 0 Å². The Morgan fingerprint density at radius 3 is 1.20 bits per heavy atom. The lowest BCUT2D eigenvalue weighted by atomic mass is 10.1. The van der Waals surface area contributed by atoms with Crippen LogP contribution in [0, 0.1) is 0 Å². The maximum absolute atomic E-state index is 12.8. The number of unbranched alkanes of at least 4 members (excludes halogenated alkanes) is 18. The zero-order chi connectivity index (χ0) is 47.2. The number of rotatable bonds is 45. The largest absolute Gasteiger partial charge is 0.462 e. The van der Waals surface area contributed by atoms with Gasteiger partial charge in [0, 0.05) is 19.3 Å². The van der Waals surface area contributed by atoms with Crippen molar-refractivity contribution in [2.75, 3.05) is 13.2 Å². The molecule has 0 aromatic heterocycles. The van der Waals surface area contributed by atoms with Gasteiger partial charge in [0.15, 0.2) is 6.10 Å². The van der Waals surface area contributed by atoms with Crippen LogP contribution in [0.5, 0.6) is 0 Å². The molecule has 0 aliphatic carbocycles. The molecule has 1 atom stereocenters. The first kappa shape index (κ1) is 60.8. The highest BCUT2D eigenvalue weighted by Gasteiger charge is 2.19. The van der Waals surface area contributed by atoms with Gasteiger partial charge in [-0.05, 0) is 96.3 Å². The summed E-state index contributed by atoms with van der Waals surface area (Å²) in [4.78, 5) is 38.0. The Bertz CT molecular complexity index is 1400. The third-order valence-corrected chi connectivity index (χ3v) is 10.6. The van der Waals surface area contributed by atoms with Crippen LogP contribution in [0.25, 0.3) is 0 Å². The van der Waals surface area contributed by atoms with Crippen molar-refractivity contribution in [2.45, 2.75) is 219 Å². The maximum atomic E-state index is 12.8. The van der Waals surface area contributed by atoms with Crippen LogP contribution in [0.3, 0.4) is 0 Å². The standard InChI is InChI=1S/C59H94O6/c1-4-7-10-13-16-19-22-25-27-29-30-32-34-37-40-43-46-49-52-58(61)64-55-56(54-63-57(60)51-48-45-42-39-36-33-24-21-18-15-12-9-6-3)65-59(62)53-50-47-44-41-38-35-31-28-26-23-20-17-14-11-8-5-2/h8-9,11-12,15,17-18,20-21,24,26,28,30,32-33,35-36,38-39,42,56H,4-7,10,13-14,16,19,22-23,25,27,29,31,34,37,40-41,43-55H2,1-3H3/b11-8-,12-9-,18-15-,20-17-,24-21-,28-26-,32-30-,36-33-,38-35-,42-39-. The number of ether oxygens (including phenoxy) is 3. The number of hydrogen-bond acceptors (Lipinski definition) is 6. The Hall–Kier alpha value is -4.19. The van der Waals surface area contributed by atoms with Crippen LogP contribution in [0.15, 0.2) is 122 Å². The minimum Gasteiger partial charge on any atom is -0.462 e. The first-order valence-corrected chi connectivity index (χ1v) is 26.1. The highest BCUT2D eigenvalue weighted by molar-refractivity contribution is 5.71. The molecule has 0 aromatic rings. The fourth-order valence-electron chi connectivity index (χ4n) is 6.69. The summed E-state index contributed by atoms with van der Waals surface area (Å²) in [6, 6.07) is 0. The van der Waals surface area contributed by atoms with E-state index in [1.807, 2.05) is 54.7 Å². The van der Waals surface area contributed by atoms with E-state index in [0.717, 1.165) is 89.9 Å². The second-order valence-corrected chi connectivity index (χ2v) is 16.8. The molecule has 366 valence electrons. The first-order chi connectivity index (χ1) is 32.0. The zero-order valence-corrected chi connectivity index (χ0v) is 41.7. The molecule has 0 saturated carbocycles. The summed E-state index contributed by atoms with van der Waals surface area (Å²) < 4.78 is 16.7. The van der Waals surface area contributed by atoms with Crippen LogP contribution in [-0.4, -0.2) is 37.2 Å². The predicted octanol–water partition coefficient (Wildman–Crippen LogP) is 17.3. The van der Waals surface area contributed by atoms with E-state index in [1.165, 1.54) is 70.6 Å². The molecule has 0 aliphatic rings. The molecular weight excluding hydrogens is 805 g/mol. The lowest BCUT2D eigenvalue weighted by molar-refractivity contribution is -0.167. The van der Waals surface area contributed by atoms with Gasteiger partial charge < -0.3 is 14.2 Å². The summed E-state index contributed by atoms with van der Waals surface area (Å²) in [6.07, 6.45) is 71.9. The molecule has 0 bridgehead atoms. The summed E-state index contributed by atoms with van der Waals surface area (Å²) >= 11 is 0. The van der Waals surface area contributed by atoms with Crippen molar-refractivity contribution in [3.8, 4) is 0 Å². The predicted molar refractivity (Wildman–Crippen MR) is 279 cm³/mol. The van der Waals surface area contributed by atoms with E-state index in [1.54, 1.807) is 0 Å². The number of esters is 3. The molecule has 65 heavy (non-hydrogen) atoms. The fraction of sp³-hybridized carbons (Fsp3) is 0.610. The Kier molecular flexibility index (Phi) is 49.1. The lowest BCUT2D eigenvalue weighted by Crippen LogP contribution is -2.30. The lowest BCUT2D eigenvalue weighted by Gasteiger charge is -2.18. The number of hydrogen-bond donors (Lipinski definition) is 0. The van der Waals surface area contributed by atoms with Crippen LogP contribution < -0.4 is 0 Å². The molecule has 6 nitrogen and oxygen atoms in total. The third kappa shape index (κ3) is 50.7. The van der Waals surface area contributed by atoms with Crippen molar-refractivity contribution in [2.24, 2.45) is 0 Å². The average molecular weight is 899 g/mol. The molecule has 0 aliphatic heterocycles. The van der Waals surface area contributed by atoms with Gasteiger partial charge in [-0.25, -0.2) is 0 Å². The summed E-state index contributed by atoms with van der Waals surface area (Å²) in [5.41, 5.74) is 0. The van der Waals surface area contributed by atoms with Crippen molar-refractivity contribution in [3.05, 3.63) is 122 Å². The van der Waals surface area contributed by atoms with Gasteiger partial charge in [-0.1, -0.05) is 219 Å². The van der Waals surface area contributed by atoms with Crippen LogP contribution >= 0.6 is 0 Å². The van der Waals surface area contributed by atoms with E-state index in [-0.39, 0.29) is 44.0 Å². The molecule has 0 N–H and O–H groups in total. The minimum absolute atomic E-state index is 0.121. The Balaban J connectivity index is 4.54. The van der Waals surface area contributed by atoms with Gasteiger partial charge in [0.05, 0.1) is 0 Å². The summed E-state index contributed by atoms with van der Waals surface area (Å²) in [6.45, 7) is 6.27. The van der Waals surface area contributed by atoms with E-state index in [4.69, 9.17) is 14.2 Å². The van der Waals surface area contributed by atoms with E-state index >= 15 is 0 Å². The van der Waals surface area contributed by atoms with Crippen LogP contribution in [0.4, 0.5) is 0 Å². The molecule has 1 unspecified atom stereocenters. The Morgan fingerprint density at radius 1 is 0.338 bits per heavy atom. The molecule has 0 saturated heterocycles. The monoisotopic (exact) mass is 899 g/mol. The van der Waals surface area contributed by atoms with E-state index < -0.39 is 6.10 Å². The second kappa shape index (κ2) is 52.4. The van der Waals surface area contributed by atoms with Crippen LogP contribution in [0.1, 0.15) is 213 Å². The van der Waals surface area contributed by atoms with Gasteiger partial charge in [-0.3, -0.25) is 14.4 Å². The van der Waals surface area contributed by atoms with Crippen molar-refractivity contribution < 1.29 is 28.6 Å². The SMILES string of the molecule is CC\C=C/C=C\C=C/C=C\C=C/CCCC(=O)OCC(COC(=O)CCCCCCC/C=C\CCCCCCCCCCC)OC(=O)CCCCC/C=C\C/C=C\C/C=C\C/C=C\CC. The van der Waals surface area contributed by atoms with Crippen molar-refractivity contribution in [1.82, 2.24) is 0 Å². The molecule has 0 fully saturated rings. The topological polar surface area (TPSA) is 78.9 Å². The van der Waals surface area contributed by atoms with Gasteiger partial charge in [0.2, 0.25) is 0 Å². The molecule has 0 heterocycles. The highest BCUT2D eigenvalue weighted by atomic mass is 16.6. The molecular formula is C59H94O6. The molecule has 6 heteroatoms. The van der Waals surface area contributed by atoms with Crippen molar-refractivity contribution in [1.29, 1.82) is 0 Å². The third-order valence-electron chi connectivity index (χ3n) is 10.6. The van der Waals surface area contributed by atoms with Gasteiger partial charge >= 0.3 is 17.9 Å². The molecule has 0 aromatic carbocycles. The Morgan fingerprint density at radius 2 is 0.692 bits per heavy atom. The van der Waals surface area contributed by atoms with Crippen molar-refractivity contribution >= 4 is 17.9 Å². The quantitative estimate of drug-likeness (QED) is 0.0199. The van der Waals surface area contributed by atoms with E-state index in [0.29, 0.717) is 19.3 Å². The minimum atomic E-state index is -0.830. The Labute approximate surface area is 399 Å². The molecule has 0 rings (SSSR count). The average Bonchev–Trinajstić information content (AvgIpc) is 3.30. The number of allylic oxidation sites excluding steroid dienone is 20. The molecule has 0 spiro atoms. The van der Waals surface area contributed by atoms with Crippen LogP contribution in [-0.2, 0) is 28.6 Å². The van der Waals surface area contributed by atoms with Crippen molar-refractivity contribution in [3.63, 3.8) is 0 Å². The molecule has 0 radical (unpaired) electrons. The van der Waals surface area contributed by atoms with E-state index in [9.17, 15) is 14.4 Å². The van der Waals surface area contributed by atoms with Gasteiger partial charge in [-0.2, -0.15) is 0 Å². The van der Waals surface area contributed by atoms with E-state index in [2.05, 4.69) is 87.6 Å². The highest BCUT2D eigenvalue weighted by Crippen LogP contribution is 2.13. The number of carbonyl (C=O) groups is 3. The number of carbonyl (C=O) groups excluding carboxylic acids is 3. The van der Waals surface area contributed by atoms with Gasteiger partial charge in [-0.15, -0.1) is 0 Å². The normalized spacial score (nSPS) is 13.1. The van der Waals surface area contributed by atoms with Gasteiger partial charge in [0.25, 0.3) is 0 Å². The smallest absolute Gasteiger partial charge is 0.306 e. The fourth-order valence-corrected chi connectivity index (χ4v) is 6.69. The summed E-state index contributed by atoms with van der Waals surface area (Å²) in [7, 11) is 0. The molecule has 0 amide bonds. The summed E-state index contributed by atoms with van der Waals surface area (Å²) in [5.74, 6) is -1.04.